The summed E-state index contributed by atoms with van der Waals surface area (Å²) in [4.78, 5) is 14.5. The van der Waals surface area contributed by atoms with Crippen molar-refractivity contribution in [3.63, 3.8) is 0 Å². The second kappa shape index (κ2) is 6.36. The quantitative estimate of drug-likeness (QED) is 0.869. The number of nitrogens with zero attached hydrogens (tertiary/aromatic N) is 3. The van der Waals surface area contributed by atoms with Gasteiger partial charge in [-0.3, -0.25) is 9.48 Å². The van der Waals surface area contributed by atoms with Crippen molar-refractivity contribution in [1.29, 1.82) is 0 Å². The Morgan fingerprint density at radius 1 is 1.38 bits per heavy atom. The van der Waals surface area contributed by atoms with Crippen molar-refractivity contribution in [2.45, 2.75) is 39.0 Å². The van der Waals surface area contributed by atoms with Crippen LogP contribution in [0.4, 0.5) is 4.39 Å². The number of carbonyl (C=O) groups excluding carboxylic acids is 1. The first kappa shape index (κ1) is 16.6. The fourth-order valence-corrected chi connectivity index (χ4v) is 3.33. The Bertz CT molecular complexity index is 754. The van der Waals surface area contributed by atoms with Crippen LogP contribution in [0.25, 0.3) is 0 Å². The van der Waals surface area contributed by atoms with E-state index in [1.54, 1.807) is 28.8 Å². The van der Waals surface area contributed by atoms with Gasteiger partial charge in [0.05, 0.1) is 17.9 Å². The van der Waals surface area contributed by atoms with E-state index in [1.807, 2.05) is 20.9 Å². The lowest BCUT2D eigenvalue weighted by atomic mass is 9.99. The van der Waals surface area contributed by atoms with Gasteiger partial charge in [0.15, 0.2) is 5.69 Å². The SMILES string of the molecule is C[C@@H]1Cc2c(C(=O)N(C)Cc3ccc(F)cc3)nn(C)c2[C@H](C)O1. The zero-order valence-corrected chi connectivity index (χ0v) is 14.4. The lowest BCUT2D eigenvalue weighted by molar-refractivity contribution is -0.00906. The van der Waals surface area contributed by atoms with E-state index < -0.39 is 0 Å². The van der Waals surface area contributed by atoms with E-state index in [0.717, 1.165) is 16.8 Å². The Hall–Kier alpha value is -2.21. The molecule has 0 bridgehead atoms. The molecule has 0 fully saturated rings. The van der Waals surface area contributed by atoms with Crippen molar-refractivity contribution in [1.82, 2.24) is 14.7 Å². The number of benzene rings is 1. The minimum atomic E-state index is -0.283. The maximum atomic E-state index is 13.0. The highest BCUT2D eigenvalue weighted by Crippen LogP contribution is 2.32. The fourth-order valence-electron chi connectivity index (χ4n) is 3.33. The molecule has 0 saturated carbocycles. The molecular formula is C18H22FN3O2. The Labute approximate surface area is 141 Å². The largest absolute Gasteiger partial charge is 0.369 e. The van der Waals surface area contributed by atoms with Gasteiger partial charge in [0.25, 0.3) is 5.91 Å². The monoisotopic (exact) mass is 331 g/mol. The summed E-state index contributed by atoms with van der Waals surface area (Å²) in [6.07, 6.45) is 0.662. The van der Waals surface area contributed by atoms with Crippen LogP contribution in [-0.2, 0) is 24.8 Å². The molecule has 3 rings (SSSR count). The van der Waals surface area contributed by atoms with Crippen molar-refractivity contribution < 1.29 is 13.9 Å². The zero-order valence-electron chi connectivity index (χ0n) is 14.4. The van der Waals surface area contributed by atoms with Crippen molar-refractivity contribution in [2.75, 3.05) is 7.05 Å². The van der Waals surface area contributed by atoms with Crippen LogP contribution in [0.3, 0.4) is 0 Å². The summed E-state index contributed by atoms with van der Waals surface area (Å²) >= 11 is 0. The van der Waals surface area contributed by atoms with Crippen molar-refractivity contribution >= 4 is 5.91 Å². The third kappa shape index (κ3) is 3.06. The molecule has 24 heavy (non-hydrogen) atoms. The molecule has 0 unspecified atom stereocenters. The van der Waals surface area contributed by atoms with Crippen LogP contribution in [0, 0.1) is 5.82 Å². The third-order valence-corrected chi connectivity index (χ3v) is 4.39. The smallest absolute Gasteiger partial charge is 0.274 e. The molecule has 128 valence electrons. The number of hydrogen-bond acceptors (Lipinski definition) is 3. The van der Waals surface area contributed by atoms with E-state index >= 15 is 0 Å². The predicted molar refractivity (Wildman–Crippen MR) is 88.1 cm³/mol. The first-order valence-electron chi connectivity index (χ1n) is 8.08. The summed E-state index contributed by atoms with van der Waals surface area (Å²) in [5, 5.41) is 4.44. The van der Waals surface area contributed by atoms with Gasteiger partial charge in [-0.1, -0.05) is 12.1 Å². The van der Waals surface area contributed by atoms with E-state index in [9.17, 15) is 9.18 Å². The molecule has 0 radical (unpaired) electrons. The van der Waals surface area contributed by atoms with Crippen LogP contribution in [0.15, 0.2) is 24.3 Å². The van der Waals surface area contributed by atoms with Crippen LogP contribution < -0.4 is 0 Å². The number of aryl methyl sites for hydroxylation is 1. The van der Waals surface area contributed by atoms with E-state index in [1.165, 1.54) is 12.1 Å². The van der Waals surface area contributed by atoms with Gasteiger partial charge in [-0.2, -0.15) is 5.10 Å². The van der Waals surface area contributed by atoms with Gasteiger partial charge in [-0.05, 0) is 31.5 Å². The highest BCUT2D eigenvalue weighted by Gasteiger charge is 2.32. The number of aromatic nitrogens is 2. The summed E-state index contributed by atoms with van der Waals surface area (Å²) in [7, 11) is 3.57. The van der Waals surface area contributed by atoms with Gasteiger partial charge in [-0.25, -0.2) is 4.39 Å². The first-order chi connectivity index (χ1) is 11.4. The molecule has 0 spiro atoms. The molecule has 0 aliphatic carbocycles. The van der Waals surface area contributed by atoms with Gasteiger partial charge < -0.3 is 9.64 Å². The van der Waals surface area contributed by atoms with Gasteiger partial charge in [0.1, 0.15) is 5.82 Å². The second-order valence-corrected chi connectivity index (χ2v) is 6.42. The molecule has 1 amide bonds. The minimum absolute atomic E-state index is 0.0608. The molecular weight excluding hydrogens is 309 g/mol. The number of ether oxygens (including phenoxy) is 1. The molecule has 5 nitrogen and oxygen atoms in total. The number of hydrogen-bond donors (Lipinski definition) is 0. The van der Waals surface area contributed by atoms with Gasteiger partial charge in [0.2, 0.25) is 0 Å². The molecule has 2 heterocycles. The fraction of sp³-hybridized carbons (Fsp3) is 0.444. The molecule has 6 heteroatoms. The van der Waals surface area contributed by atoms with E-state index in [4.69, 9.17) is 4.74 Å². The standard InChI is InChI=1S/C18H22FN3O2/c1-11-9-15-16(20-22(4)17(15)12(2)24-11)18(23)21(3)10-13-5-7-14(19)8-6-13/h5-8,11-12H,9-10H2,1-4H3/t11-,12+/m1/s1. The van der Waals surface area contributed by atoms with Crippen molar-refractivity contribution in [2.24, 2.45) is 7.05 Å². The molecule has 0 saturated heterocycles. The summed E-state index contributed by atoms with van der Waals surface area (Å²) in [5.41, 5.74) is 3.30. The summed E-state index contributed by atoms with van der Waals surface area (Å²) in [6.45, 7) is 4.39. The average molecular weight is 331 g/mol. The molecule has 1 aromatic heterocycles. The Morgan fingerprint density at radius 2 is 2.04 bits per heavy atom. The molecule has 1 aliphatic heterocycles. The van der Waals surface area contributed by atoms with E-state index in [0.29, 0.717) is 18.7 Å². The van der Waals surface area contributed by atoms with Gasteiger partial charge >= 0.3 is 0 Å². The van der Waals surface area contributed by atoms with Crippen LogP contribution >= 0.6 is 0 Å². The van der Waals surface area contributed by atoms with Crippen LogP contribution in [0.5, 0.6) is 0 Å². The maximum Gasteiger partial charge on any atom is 0.274 e. The number of halogens is 1. The van der Waals surface area contributed by atoms with Gasteiger partial charge in [-0.15, -0.1) is 0 Å². The first-order valence-corrected chi connectivity index (χ1v) is 8.08. The molecule has 0 N–H and O–H groups in total. The zero-order chi connectivity index (χ0) is 17.4. The number of fused-ring (bicyclic) bond motifs is 1. The second-order valence-electron chi connectivity index (χ2n) is 6.42. The summed E-state index contributed by atoms with van der Waals surface area (Å²) < 4.78 is 20.6. The van der Waals surface area contributed by atoms with Crippen molar-refractivity contribution in [3.05, 3.63) is 52.6 Å². The lowest BCUT2D eigenvalue weighted by Crippen LogP contribution is -2.29. The van der Waals surface area contributed by atoms with Crippen LogP contribution in [-0.4, -0.2) is 33.7 Å². The molecule has 1 aliphatic rings. The van der Waals surface area contributed by atoms with E-state index in [2.05, 4.69) is 5.10 Å². The van der Waals surface area contributed by atoms with Crippen molar-refractivity contribution in [3.8, 4) is 0 Å². The third-order valence-electron chi connectivity index (χ3n) is 4.39. The molecule has 2 atom stereocenters. The van der Waals surface area contributed by atoms with Crippen LogP contribution in [0.2, 0.25) is 0 Å². The van der Waals surface area contributed by atoms with Crippen LogP contribution in [0.1, 0.15) is 47.3 Å². The summed E-state index contributed by atoms with van der Waals surface area (Å²) in [6, 6.07) is 6.17. The summed E-state index contributed by atoms with van der Waals surface area (Å²) in [5.74, 6) is -0.410. The minimum Gasteiger partial charge on any atom is -0.369 e. The number of carbonyl (C=O) groups is 1. The Morgan fingerprint density at radius 3 is 2.71 bits per heavy atom. The normalized spacial score (nSPS) is 19.9. The average Bonchev–Trinajstić information content (AvgIpc) is 2.85. The Balaban J connectivity index is 1.85. The molecule has 2 aromatic rings. The lowest BCUT2D eigenvalue weighted by Gasteiger charge is -2.26. The highest BCUT2D eigenvalue weighted by atomic mass is 19.1. The van der Waals surface area contributed by atoms with E-state index in [-0.39, 0.29) is 23.9 Å². The molecule has 1 aromatic carbocycles. The maximum absolute atomic E-state index is 13.0. The highest BCUT2D eigenvalue weighted by molar-refractivity contribution is 5.94. The topological polar surface area (TPSA) is 47.4 Å². The van der Waals surface area contributed by atoms with Gasteiger partial charge in [0, 0.05) is 32.6 Å². The predicted octanol–water partition coefficient (Wildman–Crippen LogP) is 2.85. The number of rotatable bonds is 3. The number of amides is 1. The Kier molecular flexibility index (Phi) is 4.41.